The maximum atomic E-state index is 11.0. The lowest BCUT2D eigenvalue weighted by molar-refractivity contribution is -0.117. The molecule has 1 aromatic rings. The summed E-state index contributed by atoms with van der Waals surface area (Å²) in [5, 5.41) is 3.40. The molecule has 0 aliphatic heterocycles. The van der Waals surface area contributed by atoms with E-state index in [0.717, 1.165) is 13.0 Å². The number of carbonyl (C=O) groups excluding carboxylic acids is 1. The van der Waals surface area contributed by atoms with E-state index in [0.29, 0.717) is 12.5 Å². The van der Waals surface area contributed by atoms with E-state index < -0.39 is 0 Å². The Morgan fingerprint density at radius 3 is 2.05 bits per heavy atom. The number of rotatable bonds is 6. The van der Waals surface area contributed by atoms with Crippen molar-refractivity contribution in [2.24, 2.45) is 0 Å². The molecule has 110 valence electrons. The molecule has 0 radical (unpaired) electrons. The van der Waals surface area contributed by atoms with Crippen molar-refractivity contribution in [1.29, 1.82) is 0 Å². The first kappa shape index (κ1) is 20.2. The molecule has 0 amide bonds. The van der Waals surface area contributed by atoms with Gasteiger partial charge in [-0.3, -0.25) is 4.79 Å². The van der Waals surface area contributed by atoms with Crippen LogP contribution in [0.25, 0.3) is 0 Å². The van der Waals surface area contributed by atoms with Gasteiger partial charge in [0.15, 0.2) is 0 Å². The summed E-state index contributed by atoms with van der Waals surface area (Å²) in [6.45, 7) is 12.6. The van der Waals surface area contributed by atoms with Crippen molar-refractivity contribution in [3.8, 4) is 0 Å². The van der Waals surface area contributed by atoms with Crippen molar-refractivity contribution in [2.75, 3.05) is 0 Å². The van der Waals surface area contributed by atoms with Gasteiger partial charge in [0, 0.05) is 19.0 Å². The minimum atomic E-state index is 0.252. The molecule has 0 aliphatic rings. The molecule has 1 N–H and O–H groups in total. The molecule has 0 bridgehead atoms. The number of hydrogen-bond acceptors (Lipinski definition) is 2. The molecular formula is C17H31NO. The lowest BCUT2D eigenvalue weighted by Gasteiger charge is -2.15. The zero-order valence-corrected chi connectivity index (χ0v) is 13.5. The maximum Gasteiger partial charge on any atom is 0.131 e. The standard InChI is InChI=1S/C13H19NO.2C2H6/c1-3-13(9-11(2)15)14-10-12-7-5-4-6-8-12;2*1-2/h4-8,13-14H,3,9-10H2,1-2H3;2*1-2H3. The summed E-state index contributed by atoms with van der Waals surface area (Å²) < 4.78 is 0. The van der Waals surface area contributed by atoms with Crippen molar-refractivity contribution >= 4 is 5.78 Å². The molecule has 0 saturated heterocycles. The second kappa shape index (κ2) is 14.9. The van der Waals surface area contributed by atoms with E-state index in [1.54, 1.807) is 6.92 Å². The molecule has 0 saturated carbocycles. The van der Waals surface area contributed by atoms with E-state index in [9.17, 15) is 4.79 Å². The van der Waals surface area contributed by atoms with Gasteiger partial charge in [0.05, 0.1) is 0 Å². The van der Waals surface area contributed by atoms with E-state index in [-0.39, 0.29) is 5.78 Å². The Morgan fingerprint density at radius 2 is 1.63 bits per heavy atom. The quantitative estimate of drug-likeness (QED) is 0.815. The summed E-state index contributed by atoms with van der Waals surface area (Å²) in [7, 11) is 0. The Balaban J connectivity index is 0. The van der Waals surface area contributed by atoms with E-state index in [4.69, 9.17) is 0 Å². The Bertz CT molecular complexity index is 295. The molecule has 1 unspecified atom stereocenters. The highest BCUT2D eigenvalue weighted by Crippen LogP contribution is 2.02. The predicted molar refractivity (Wildman–Crippen MR) is 85.4 cm³/mol. The van der Waals surface area contributed by atoms with Gasteiger partial charge in [-0.05, 0) is 18.9 Å². The Kier molecular flexibility index (Phi) is 15.8. The first-order chi connectivity index (χ1) is 9.22. The van der Waals surface area contributed by atoms with Gasteiger partial charge in [0.1, 0.15) is 5.78 Å². The second-order valence-corrected chi connectivity index (χ2v) is 3.88. The van der Waals surface area contributed by atoms with Gasteiger partial charge < -0.3 is 5.32 Å². The summed E-state index contributed by atoms with van der Waals surface area (Å²) in [5.41, 5.74) is 1.26. The van der Waals surface area contributed by atoms with Gasteiger partial charge in [0.25, 0.3) is 0 Å². The second-order valence-electron chi connectivity index (χ2n) is 3.88. The number of hydrogen-bond donors (Lipinski definition) is 1. The highest BCUT2D eigenvalue weighted by Gasteiger charge is 2.07. The fourth-order valence-electron chi connectivity index (χ4n) is 1.57. The summed E-state index contributed by atoms with van der Waals surface area (Å²) in [4.78, 5) is 11.0. The van der Waals surface area contributed by atoms with Gasteiger partial charge in [-0.25, -0.2) is 0 Å². The minimum absolute atomic E-state index is 0.252. The highest BCUT2D eigenvalue weighted by atomic mass is 16.1. The molecule has 2 nitrogen and oxygen atoms in total. The molecule has 0 heterocycles. The molecule has 1 atom stereocenters. The van der Waals surface area contributed by atoms with Crippen molar-refractivity contribution in [3.05, 3.63) is 35.9 Å². The maximum absolute atomic E-state index is 11.0. The smallest absolute Gasteiger partial charge is 0.131 e. The SMILES string of the molecule is CC.CC.CCC(CC(C)=O)NCc1ccccc1. The molecular weight excluding hydrogens is 234 g/mol. The van der Waals surface area contributed by atoms with Crippen molar-refractivity contribution in [1.82, 2.24) is 5.32 Å². The third kappa shape index (κ3) is 11.7. The Hall–Kier alpha value is -1.15. The average Bonchev–Trinajstić information content (AvgIpc) is 2.48. The molecule has 19 heavy (non-hydrogen) atoms. The van der Waals surface area contributed by atoms with Crippen molar-refractivity contribution in [3.63, 3.8) is 0 Å². The molecule has 0 spiro atoms. The molecule has 2 heteroatoms. The zero-order chi connectivity index (χ0) is 15.1. The molecule has 1 aromatic carbocycles. The van der Waals surface area contributed by atoms with Gasteiger partial charge in [-0.15, -0.1) is 0 Å². The molecule has 0 aliphatic carbocycles. The van der Waals surface area contributed by atoms with E-state index >= 15 is 0 Å². The van der Waals surface area contributed by atoms with Crippen LogP contribution in [0.15, 0.2) is 30.3 Å². The predicted octanol–water partition coefficient (Wildman–Crippen LogP) is 4.59. The van der Waals surface area contributed by atoms with Crippen LogP contribution in [0.1, 0.15) is 59.9 Å². The number of carbonyl (C=O) groups is 1. The van der Waals surface area contributed by atoms with Gasteiger partial charge in [-0.1, -0.05) is 65.0 Å². The number of ketones is 1. The molecule has 0 fully saturated rings. The van der Waals surface area contributed by atoms with Crippen LogP contribution >= 0.6 is 0 Å². The van der Waals surface area contributed by atoms with E-state index in [1.807, 2.05) is 45.9 Å². The topological polar surface area (TPSA) is 29.1 Å². The van der Waals surface area contributed by atoms with Crippen LogP contribution in [-0.2, 0) is 11.3 Å². The lowest BCUT2D eigenvalue weighted by Crippen LogP contribution is -2.29. The first-order valence-electron chi connectivity index (χ1n) is 7.49. The third-order valence-electron chi connectivity index (χ3n) is 2.46. The minimum Gasteiger partial charge on any atom is -0.309 e. The monoisotopic (exact) mass is 265 g/mol. The van der Waals surface area contributed by atoms with Crippen LogP contribution in [0.2, 0.25) is 0 Å². The molecule has 0 aromatic heterocycles. The Labute approximate surface area is 119 Å². The van der Waals surface area contributed by atoms with E-state index in [1.165, 1.54) is 5.56 Å². The summed E-state index contributed by atoms with van der Waals surface area (Å²) in [6, 6.07) is 10.6. The van der Waals surface area contributed by atoms with Crippen LogP contribution in [-0.4, -0.2) is 11.8 Å². The highest BCUT2D eigenvalue weighted by molar-refractivity contribution is 5.76. The van der Waals surface area contributed by atoms with Gasteiger partial charge in [-0.2, -0.15) is 0 Å². The normalized spacial score (nSPS) is 10.4. The van der Waals surface area contributed by atoms with Crippen molar-refractivity contribution < 1.29 is 4.79 Å². The van der Waals surface area contributed by atoms with Gasteiger partial charge in [0.2, 0.25) is 0 Å². The van der Waals surface area contributed by atoms with Crippen LogP contribution < -0.4 is 5.32 Å². The summed E-state index contributed by atoms with van der Waals surface area (Å²) in [6.07, 6.45) is 1.62. The van der Waals surface area contributed by atoms with Gasteiger partial charge >= 0.3 is 0 Å². The largest absolute Gasteiger partial charge is 0.309 e. The fraction of sp³-hybridized carbons (Fsp3) is 0.588. The Morgan fingerprint density at radius 1 is 1.11 bits per heavy atom. The van der Waals surface area contributed by atoms with Crippen LogP contribution in [0.4, 0.5) is 0 Å². The lowest BCUT2D eigenvalue weighted by atomic mass is 10.1. The third-order valence-corrected chi connectivity index (χ3v) is 2.46. The van der Waals surface area contributed by atoms with Crippen molar-refractivity contribution in [2.45, 2.75) is 67.0 Å². The van der Waals surface area contributed by atoms with E-state index in [2.05, 4.69) is 24.4 Å². The summed E-state index contributed by atoms with van der Waals surface area (Å²) >= 11 is 0. The van der Waals surface area contributed by atoms with Crippen LogP contribution in [0.5, 0.6) is 0 Å². The van der Waals surface area contributed by atoms with Crippen LogP contribution in [0, 0.1) is 0 Å². The average molecular weight is 265 g/mol. The first-order valence-corrected chi connectivity index (χ1v) is 7.49. The number of nitrogens with one attached hydrogen (secondary N) is 1. The molecule has 1 rings (SSSR count). The number of benzene rings is 1. The number of Topliss-reactive ketones (excluding diaryl/α,β-unsaturated/α-hetero) is 1. The fourth-order valence-corrected chi connectivity index (χ4v) is 1.57. The summed E-state index contributed by atoms with van der Waals surface area (Å²) in [5.74, 6) is 0.252. The van der Waals surface area contributed by atoms with Crippen LogP contribution in [0.3, 0.4) is 0 Å². The zero-order valence-electron chi connectivity index (χ0n) is 13.5.